The van der Waals surface area contributed by atoms with Crippen molar-refractivity contribution in [2.45, 2.75) is 0 Å². The fourth-order valence-corrected chi connectivity index (χ4v) is 10.5. The van der Waals surface area contributed by atoms with Crippen LogP contribution in [-0.2, 0) is 0 Å². The number of thiophene rings is 1. The van der Waals surface area contributed by atoms with Gasteiger partial charge in [-0.05, 0) is 74.8 Å². The van der Waals surface area contributed by atoms with Crippen molar-refractivity contribution >= 4 is 32.3 Å². The van der Waals surface area contributed by atoms with Gasteiger partial charge in [-0.15, -0.1) is 11.3 Å². The van der Waals surface area contributed by atoms with Crippen LogP contribution in [0.2, 0.25) is 0 Å². The topological polar surface area (TPSA) is 38.7 Å². The second kappa shape index (κ2) is 17.4. The van der Waals surface area contributed by atoms with Crippen LogP contribution in [0.1, 0.15) is 0 Å². The largest absolute Gasteiger partial charge is 0.247 e. The summed E-state index contributed by atoms with van der Waals surface area (Å²) in [5, 5.41) is 2.33. The first-order valence-electron chi connectivity index (χ1n) is 22.6. The molecule has 0 spiro atoms. The molecule has 67 heavy (non-hydrogen) atoms. The smallest absolute Gasteiger partial charge is 0.160 e. The van der Waals surface area contributed by atoms with E-state index in [1.54, 1.807) is 0 Å². The molecule has 4 heteroatoms. The van der Waals surface area contributed by atoms with E-state index in [0.717, 1.165) is 66.9 Å². The molecule has 3 aromatic heterocycles. The third-order valence-electron chi connectivity index (χ3n) is 12.5. The Morgan fingerprint density at radius 2 is 0.687 bits per heavy atom. The van der Waals surface area contributed by atoms with E-state index in [0.29, 0.717) is 5.82 Å². The molecule has 3 nitrogen and oxygen atoms in total. The van der Waals surface area contributed by atoms with Gasteiger partial charge in [0.05, 0.1) is 22.6 Å². The van der Waals surface area contributed by atoms with Gasteiger partial charge in [0.15, 0.2) is 5.82 Å². The van der Waals surface area contributed by atoms with E-state index < -0.39 is 0 Å². The SMILES string of the molecule is c1ccc(-c2cc(-c3ccccc3)cc(-c3sc4c(c(-c5ccccc5)nc5ccccc54)c3-c3ccc(-c4ccc(-c5cc(-c6ccccc6)nc(-c6ccccc6)n5)cc4)cc3)c2)cc1. The standard InChI is InChI=1S/C63H41N3S/c1-6-18-42(19-7-1)51-38-52(43-20-8-2-9-21-43)40-53(39-51)61-58(59-60(49-24-12-4-13-25-49)64-55-29-17-16-28-54(55)62(59)67-61)48-36-32-45(33-37-48)44-30-34-47(35-31-44)57-41-56(46-22-10-3-11-23-46)65-63(66-57)50-26-14-5-15-27-50/h1-41H. The molecule has 0 radical (unpaired) electrons. The van der Waals surface area contributed by atoms with Crippen LogP contribution >= 0.6 is 11.3 Å². The van der Waals surface area contributed by atoms with Gasteiger partial charge in [0, 0.05) is 48.2 Å². The van der Waals surface area contributed by atoms with Crippen molar-refractivity contribution in [3.8, 4) is 100 Å². The molecule has 0 aliphatic carbocycles. The summed E-state index contributed by atoms with van der Waals surface area (Å²) in [6, 6.07) is 88.2. The molecule has 0 fully saturated rings. The van der Waals surface area contributed by atoms with Crippen LogP contribution in [0, 0.1) is 0 Å². The number of benzene rings is 9. The van der Waals surface area contributed by atoms with Crippen LogP contribution in [0.3, 0.4) is 0 Å². The zero-order valence-corrected chi connectivity index (χ0v) is 37.2. The van der Waals surface area contributed by atoms with Crippen LogP contribution in [0.25, 0.3) is 121 Å². The van der Waals surface area contributed by atoms with E-state index in [2.05, 4.69) is 212 Å². The second-order valence-corrected chi connectivity index (χ2v) is 17.8. The summed E-state index contributed by atoms with van der Waals surface area (Å²) in [6.07, 6.45) is 0. The fourth-order valence-electron chi connectivity index (χ4n) is 9.15. The van der Waals surface area contributed by atoms with Gasteiger partial charge >= 0.3 is 0 Å². The number of pyridine rings is 1. The van der Waals surface area contributed by atoms with Crippen LogP contribution in [0.15, 0.2) is 249 Å². The Kier molecular flexibility index (Phi) is 10.4. The molecule has 0 unspecified atom stereocenters. The Balaban J connectivity index is 1.01. The Labute approximate surface area is 394 Å². The van der Waals surface area contributed by atoms with Crippen LogP contribution in [0.5, 0.6) is 0 Å². The van der Waals surface area contributed by atoms with Crippen molar-refractivity contribution in [1.29, 1.82) is 0 Å². The number of hydrogen-bond acceptors (Lipinski definition) is 4. The van der Waals surface area contributed by atoms with E-state index in [1.165, 1.54) is 48.3 Å². The molecular weight excluding hydrogens is 831 g/mol. The summed E-state index contributed by atoms with van der Waals surface area (Å²) >= 11 is 1.87. The molecule has 3 heterocycles. The van der Waals surface area contributed by atoms with Crippen molar-refractivity contribution in [2.75, 3.05) is 0 Å². The highest BCUT2D eigenvalue weighted by Gasteiger charge is 2.24. The second-order valence-electron chi connectivity index (χ2n) is 16.7. The van der Waals surface area contributed by atoms with Gasteiger partial charge in [0.25, 0.3) is 0 Å². The number of hydrogen-bond donors (Lipinski definition) is 0. The Bertz CT molecular complexity index is 3570. The lowest BCUT2D eigenvalue weighted by Crippen LogP contribution is -1.95. The minimum Gasteiger partial charge on any atom is -0.247 e. The van der Waals surface area contributed by atoms with Crippen molar-refractivity contribution in [1.82, 2.24) is 15.0 Å². The maximum absolute atomic E-state index is 5.44. The molecule has 314 valence electrons. The summed E-state index contributed by atoms with van der Waals surface area (Å²) in [5.41, 5.74) is 18.4. The zero-order valence-electron chi connectivity index (χ0n) is 36.4. The lowest BCUT2D eigenvalue weighted by Gasteiger charge is -2.14. The Hall–Kier alpha value is -8.57. The van der Waals surface area contributed by atoms with Gasteiger partial charge in [-0.25, -0.2) is 15.0 Å². The van der Waals surface area contributed by atoms with Crippen molar-refractivity contribution < 1.29 is 0 Å². The van der Waals surface area contributed by atoms with Crippen molar-refractivity contribution in [3.63, 3.8) is 0 Å². The van der Waals surface area contributed by atoms with E-state index in [1.807, 2.05) is 47.7 Å². The Morgan fingerprint density at radius 1 is 0.284 bits per heavy atom. The number of aromatic nitrogens is 3. The van der Waals surface area contributed by atoms with Gasteiger partial charge in [0.2, 0.25) is 0 Å². The average Bonchev–Trinajstić information content (AvgIpc) is 3.83. The van der Waals surface area contributed by atoms with E-state index in [4.69, 9.17) is 15.0 Å². The summed E-state index contributed by atoms with van der Waals surface area (Å²) in [5.74, 6) is 0.707. The zero-order chi connectivity index (χ0) is 44.5. The maximum Gasteiger partial charge on any atom is 0.160 e. The van der Waals surface area contributed by atoms with Crippen LogP contribution in [-0.4, -0.2) is 15.0 Å². The molecule has 0 N–H and O–H groups in total. The minimum absolute atomic E-state index is 0.707. The quantitative estimate of drug-likeness (QED) is 0.145. The lowest BCUT2D eigenvalue weighted by molar-refractivity contribution is 1.18. The first kappa shape index (κ1) is 40.0. The Morgan fingerprint density at radius 3 is 1.24 bits per heavy atom. The van der Waals surface area contributed by atoms with Crippen molar-refractivity contribution in [2.24, 2.45) is 0 Å². The first-order valence-corrected chi connectivity index (χ1v) is 23.4. The molecule has 0 saturated heterocycles. The van der Waals surface area contributed by atoms with Crippen LogP contribution in [0.4, 0.5) is 0 Å². The number of nitrogens with zero attached hydrogens (tertiary/aromatic N) is 3. The predicted octanol–water partition coefficient (Wildman–Crippen LogP) is 17.2. The normalized spacial score (nSPS) is 11.3. The monoisotopic (exact) mass is 871 g/mol. The minimum atomic E-state index is 0.707. The van der Waals surface area contributed by atoms with Crippen molar-refractivity contribution in [3.05, 3.63) is 249 Å². The number of para-hydroxylation sites is 1. The summed E-state index contributed by atoms with van der Waals surface area (Å²) in [7, 11) is 0. The molecule has 0 saturated carbocycles. The summed E-state index contributed by atoms with van der Waals surface area (Å²) in [4.78, 5) is 16.7. The number of fused-ring (bicyclic) bond motifs is 3. The fraction of sp³-hybridized carbons (Fsp3) is 0. The van der Waals surface area contributed by atoms with Crippen LogP contribution < -0.4 is 0 Å². The predicted molar refractivity (Wildman–Crippen MR) is 282 cm³/mol. The molecule has 12 aromatic rings. The summed E-state index contributed by atoms with van der Waals surface area (Å²) < 4.78 is 1.23. The van der Waals surface area contributed by atoms with E-state index in [9.17, 15) is 0 Å². The maximum atomic E-state index is 5.44. The van der Waals surface area contributed by atoms with Gasteiger partial charge in [-0.3, -0.25) is 0 Å². The molecule has 0 aliphatic heterocycles. The third-order valence-corrected chi connectivity index (χ3v) is 13.8. The summed E-state index contributed by atoms with van der Waals surface area (Å²) in [6.45, 7) is 0. The molecule has 0 aliphatic rings. The molecule has 9 aromatic carbocycles. The molecular formula is C63H41N3S. The molecule has 0 bridgehead atoms. The van der Waals surface area contributed by atoms with Gasteiger partial charge in [0.1, 0.15) is 0 Å². The highest BCUT2D eigenvalue weighted by molar-refractivity contribution is 7.24. The van der Waals surface area contributed by atoms with Gasteiger partial charge in [-0.1, -0.05) is 218 Å². The highest BCUT2D eigenvalue weighted by Crippen LogP contribution is 2.51. The molecule has 0 amide bonds. The van der Waals surface area contributed by atoms with Gasteiger partial charge in [-0.2, -0.15) is 0 Å². The van der Waals surface area contributed by atoms with E-state index in [-0.39, 0.29) is 0 Å². The third kappa shape index (κ3) is 7.80. The van der Waals surface area contributed by atoms with E-state index >= 15 is 0 Å². The first-order chi connectivity index (χ1) is 33.2. The van der Waals surface area contributed by atoms with Gasteiger partial charge < -0.3 is 0 Å². The number of rotatable bonds is 9. The molecule has 12 rings (SSSR count). The lowest BCUT2D eigenvalue weighted by atomic mass is 9.91. The average molecular weight is 872 g/mol. The highest BCUT2D eigenvalue weighted by atomic mass is 32.1. The molecule has 0 atom stereocenters.